The first-order valence-electron chi connectivity index (χ1n) is 8.14. The van der Waals surface area contributed by atoms with E-state index in [2.05, 4.69) is 25.1 Å². The molecule has 1 unspecified atom stereocenters. The predicted molar refractivity (Wildman–Crippen MR) is 87.2 cm³/mol. The van der Waals surface area contributed by atoms with E-state index in [1.807, 2.05) is 0 Å². The minimum absolute atomic E-state index is 0.0497. The average Bonchev–Trinajstić information content (AvgIpc) is 3.19. The van der Waals surface area contributed by atoms with E-state index in [9.17, 15) is 4.79 Å². The molecule has 0 bridgehead atoms. The summed E-state index contributed by atoms with van der Waals surface area (Å²) in [6.07, 6.45) is 10.7. The number of piperidine rings is 1. The zero-order chi connectivity index (χ0) is 17.1. The SMILES string of the molecule is O=C(c1ccncc1)N1CCCCC1c1nc(-c2cnccn2)no1. The zero-order valence-corrected chi connectivity index (χ0v) is 13.4. The van der Waals surface area contributed by atoms with Crippen LogP contribution in [0.2, 0.25) is 0 Å². The van der Waals surface area contributed by atoms with E-state index in [0.29, 0.717) is 29.5 Å². The van der Waals surface area contributed by atoms with Crippen LogP contribution in [0.15, 0.2) is 47.6 Å². The summed E-state index contributed by atoms with van der Waals surface area (Å²) in [7, 11) is 0. The minimum atomic E-state index is -0.229. The molecule has 1 amide bonds. The van der Waals surface area contributed by atoms with Crippen LogP contribution in [0.4, 0.5) is 0 Å². The van der Waals surface area contributed by atoms with E-state index < -0.39 is 0 Å². The number of amides is 1. The summed E-state index contributed by atoms with van der Waals surface area (Å²) in [5.74, 6) is 0.763. The third-order valence-corrected chi connectivity index (χ3v) is 4.21. The first-order valence-corrected chi connectivity index (χ1v) is 8.14. The highest BCUT2D eigenvalue weighted by molar-refractivity contribution is 5.94. The normalized spacial score (nSPS) is 17.4. The number of hydrogen-bond acceptors (Lipinski definition) is 7. The third kappa shape index (κ3) is 3.10. The van der Waals surface area contributed by atoms with Gasteiger partial charge in [0, 0.05) is 36.9 Å². The maximum absolute atomic E-state index is 12.8. The summed E-state index contributed by atoms with van der Waals surface area (Å²) >= 11 is 0. The number of carbonyl (C=O) groups is 1. The summed E-state index contributed by atoms with van der Waals surface area (Å²) in [4.78, 5) is 31.2. The lowest BCUT2D eigenvalue weighted by Gasteiger charge is -2.33. The van der Waals surface area contributed by atoms with Crippen LogP contribution in [0.3, 0.4) is 0 Å². The van der Waals surface area contributed by atoms with Crippen LogP contribution in [-0.4, -0.2) is 42.4 Å². The van der Waals surface area contributed by atoms with Crippen molar-refractivity contribution in [2.24, 2.45) is 0 Å². The van der Waals surface area contributed by atoms with Gasteiger partial charge in [-0.05, 0) is 31.4 Å². The van der Waals surface area contributed by atoms with Crippen molar-refractivity contribution in [3.63, 3.8) is 0 Å². The average molecular weight is 336 g/mol. The molecule has 4 rings (SSSR count). The molecule has 25 heavy (non-hydrogen) atoms. The number of hydrogen-bond donors (Lipinski definition) is 0. The Bertz CT molecular complexity index is 852. The van der Waals surface area contributed by atoms with E-state index in [4.69, 9.17) is 4.52 Å². The fourth-order valence-corrected chi connectivity index (χ4v) is 2.98. The fraction of sp³-hybridized carbons (Fsp3) is 0.294. The van der Waals surface area contributed by atoms with E-state index in [1.54, 1.807) is 48.0 Å². The van der Waals surface area contributed by atoms with E-state index in [1.165, 1.54) is 0 Å². The van der Waals surface area contributed by atoms with Gasteiger partial charge in [-0.3, -0.25) is 14.8 Å². The quantitative estimate of drug-likeness (QED) is 0.723. The van der Waals surface area contributed by atoms with Gasteiger partial charge in [0.2, 0.25) is 11.7 Å². The van der Waals surface area contributed by atoms with Crippen LogP contribution in [0, 0.1) is 0 Å². The first kappa shape index (κ1) is 15.4. The van der Waals surface area contributed by atoms with Crippen LogP contribution in [0.5, 0.6) is 0 Å². The zero-order valence-electron chi connectivity index (χ0n) is 13.4. The Morgan fingerprint density at radius 3 is 2.80 bits per heavy atom. The molecular weight excluding hydrogens is 320 g/mol. The molecule has 126 valence electrons. The molecular formula is C17H16N6O2. The molecule has 3 aromatic heterocycles. The molecule has 3 aromatic rings. The van der Waals surface area contributed by atoms with Crippen LogP contribution in [0.25, 0.3) is 11.5 Å². The Kier molecular flexibility index (Phi) is 4.16. The van der Waals surface area contributed by atoms with Crippen molar-refractivity contribution < 1.29 is 9.32 Å². The predicted octanol–water partition coefficient (Wildman–Crippen LogP) is 2.29. The molecule has 8 heteroatoms. The maximum Gasteiger partial charge on any atom is 0.254 e. The van der Waals surface area contributed by atoms with Gasteiger partial charge in [-0.2, -0.15) is 4.98 Å². The molecule has 0 N–H and O–H groups in total. The molecule has 0 radical (unpaired) electrons. The molecule has 1 atom stereocenters. The standard InChI is InChI=1S/C17H16N6O2/c24-17(12-4-6-18-7-5-12)23-10-2-1-3-14(23)16-21-15(22-25-16)13-11-19-8-9-20-13/h4-9,11,14H,1-3,10H2. The Morgan fingerprint density at radius 2 is 2.00 bits per heavy atom. The third-order valence-electron chi connectivity index (χ3n) is 4.21. The summed E-state index contributed by atoms with van der Waals surface area (Å²) < 4.78 is 5.44. The van der Waals surface area contributed by atoms with Gasteiger partial charge < -0.3 is 9.42 Å². The molecule has 0 aliphatic carbocycles. The van der Waals surface area contributed by atoms with Crippen molar-refractivity contribution in [2.75, 3.05) is 6.54 Å². The second kappa shape index (κ2) is 6.76. The molecule has 1 aliphatic heterocycles. The highest BCUT2D eigenvalue weighted by atomic mass is 16.5. The van der Waals surface area contributed by atoms with E-state index in [0.717, 1.165) is 19.3 Å². The summed E-state index contributed by atoms with van der Waals surface area (Å²) in [6, 6.07) is 3.20. The van der Waals surface area contributed by atoms with Gasteiger partial charge in [0.1, 0.15) is 11.7 Å². The van der Waals surface area contributed by atoms with Crippen molar-refractivity contribution in [3.05, 3.63) is 54.6 Å². The number of carbonyl (C=O) groups excluding carboxylic acids is 1. The second-order valence-corrected chi connectivity index (χ2v) is 5.79. The van der Waals surface area contributed by atoms with Crippen molar-refractivity contribution in [3.8, 4) is 11.5 Å². The molecule has 0 aromatic carbocycles. The summed E-state index contributed by atoms with van der Waals surface area (Å²) in [5.41, 5.74) is 1.15. The van der Waals surface area contributed by atoms with Gasteiger partial charge in [-0.25, -0.2) is 4.98 Å². The number of aromatic nitrogens is 5. The highest BCUT2D eigenvalue weighted by Gasteiger charge is 2.32. The first-order chi connectivity index (χ1) is 12.3. The topological polar surface area (TPSA) is 97.9 Å². The van der Waals surface area contributed by atoms with E-state index in [-0.39, 0.29) is 11.9 Å². The number of nitrogens with zero attached hydrogens (tertiary/aromatic N) is 6. The Balaban J connectivity index is 1.62. The Hall–Kier alpha value is -3.16. The minimum Gasteiger partial charge on any atom is -0.337 e. The van der Waals surface area contributed by atoms with Crippen LogP contribution < -0.4 is 0 Å². The van der Waals surface area contributed by atoms with Crippen molar-refractivity contribution in [2.45, 2.75) is 25.3 Å². The van der Waals surface area contributed by atoms with Gasteiger partial charge in [0.05, 0.1) is 6.20 Å². The van der Waals surface area contributed by atoms with Gasteiger partial charge in [0.25, 0.3) is 5.91 Å². The van der Waals surface area contributed by atoms with Gasteiger partial charge >= 0.3 is 0 Å². The van der Waals surface area contributed by atoms with E-state index >= 15 is 0 Å². The summed E-state index contributed by atoms with van der Waals surface area (Å²) in [5, 5.41) is 3.99. The Labute approximate surface area is 143 Å². The maximum atomic E-state index is 12.8. The van der Waals surface area contributed by atoms with Crippen LogP contribution >= 0.6 is 0 Å². The lowest BCUT2D eigenvalue weighted by Crippen LogP contribution is -2.38. The van der Waals surface area contributed by atoms with Gasteiger partial charge in [-0.1, -0.05) is 5.16 Å². The smallest absolute Gasteiger partial charge is 0.254 e. The molecule has 1 fully saturated rings. The van der Waals surface area contributed by atoms with Crippen molar-refractivity contribution in [1.29, 1.82) is 0 Å². The number of pyridine rings is 1. The lowest BCUT2D eigenvalue weighted by atomic mass is 10.0. The largest absolute Gasteiger partial charge is 0.337 e. The molecule has 1 aliphatic rings. The molecule has 8 nitrogen and oxygen atoms in total. The van der Waals surface area contributed by atoms with Gasteiger partial charge in [0.15, 0.2) is 0 Å². The monoisotopic (exact) mass is 336 g/mol. The van der Waals surface area contributed by atoms with Crippen LogP contribution in [-0.2, 0) is 0 Å². The molecule has 1 saturated heterocycles. The molecule has 0 spiro atoms. The molecule has 4 heterocycles. The highest BCUT2D eigenvalue weighted by Crippen LogP contribution is 2.31. The molecule has 0 saturated carbocycles. The van der Waals surface area contributed by atoms with Crippen LogP contribution in [0.1, 0.15) is 41.6 Å². The van der Waals surface area contributed by atoms with Crippen molar-refractivity contribution >= 4 is 5.91 Å². The van der Waals surface area contributed by atoms with Gasteiger partial charge in [-0.15, -0.1) is 0 Å². The summed E-state index contributed by atoms with van der Waals surface area (Å²) in [6.45, 7) is 0.661. The Morgan fingerprint density at radius 1 is 1.12 bits per heavy atom. The lowest BCUT2D eigenvalue weighted by molar-refractivity contribution is 0.0561. The van der Waals surface area contributed by atoms with Crippen molar-refractivity contribution in [1.82, 2.24) is 30.0 Å². The fourth-order valence-electron chi connectivity index (χ4n) is 2.98. The second-order valence-electron chi connectivity index (χ2n) is 5.79. The number of rotatable bonds is 3. The number of likely N-dealkylation sites (tertiary alicyclic amines) is 1.